The van der Waals surface area contributed by atoms with E-state index in [2.05, 4.69) is 5.32 Å². The zero-order chi connectivity index (χ0) is 20.8. The van der Waals surface area contributed by atoms with Gasteiger partial charge in [-0.3, -0.25) is 10.1 Å². The van der Waals surface area contributed by atoms with Gasteiger partial charge in [0.05, 0.1) is 12.0 Å². The summed E-state index contributed by atoms with van der Waals surface area (Å²) < 4.78 is 5.45. The lowest BCUT2D eigenvalue weighted by Crippen LogP contribution is -2.19. The Morgan fingerprint density at radius 3 is 2.48 bits per heavy atom. The van der Waals surface area contributed by atoms with Crippen molar-refractivity contribution in [2.45, 2.75) is 13.0 Å². The number of amides is 1. The van der Waals surface area contributed by atoms with Crippen molar-refractivity contribution < 1.29 is 19.6 Å². The number of hydrogen-bond donors (Lipinski definition) is 2. The second-order valence-electron chi connectivity index (χ2n) is 6.50. The van der Waals surface area contributed by atoms with Crippen LogP contribution in [0, 0.1) is 10.1 Å². The Bertz CT molecular complexity index is 1050. The minimum Gasteiger partial charge on any atom is -0.496 e. The van der Waals surface area contributed by atoms with Crippen LogP contribution in [0.15, 0.2) is 66.7 Å². The third-order valence-electron chi connectivity index (χ3n) is 4.48. The molecule has 0 atom stereocenters. The van der Waals surface area contributed by atoms with Crippen LogP contribution < -0.4 is 10.1 Å². The minimum atomic E-state index is -1.06. The average Bonchev–Trinajstić information content (AvgIpc) is 2.72. The van der Waals surface area contributed by atoms with Crippen molar-refractivity contribution in [3.63, 3.8) is 0 Å². The fourth-order valence-corrected chi connectivity index (χ4v) is 3.14. The van der Waals surface area contributed by atoms with Gasteiger partial charge in [0.25, 0.3) is 5.69 Å². The first-order chi connectivity index (χ1) is 14.0. The van der Waals surface area contributed by atoms with Crippen LogP contribution in [0.25, 0.3) is 11.1 Å². The third kappa shape index (κ3) is 5.10. The molecular formula is C22H20N2O5. The summed E-state index contributed by atoms with van der Waals surface area (Å²) in [5, 5.41) is 22.2. The second-order valence-corrected chi connectivity index (χ2v) is 6.50. The van der Waals surface area contributed by atoms with Gasteiger partial charge in [0.2, 0.25) is 0 Å². The molecule has 1 amide bonds. The zero-order valence-electron chi connectivity index (χ0n) is 15.8. The van der Waals surface area contributed by atoms with Crippen molar-refractivity contribution in [1.82, 2.24) is 5.32 Å². The summed E-state index contributed by atoms with van der Waals surface area (Å²) in [7, 11) is 1.56. The fourth-order valence-electron chi connectivity index (χ4n) is 3.14. The lowest BCUT2D eigenvalue weighted by atomic mass is 9.97. The van der Waals surface area contributed by atoms with Gasteiger partial charge in [-0.25, -0.2) is 4.79 Å². The first-order valence-electron chi connectivity index (χ1n) is 8.92. The predicted molar refractivity (Wildman–Crippen MR) is 109 cm³/mol. The SMILES string of the molecule is COc1ccc(Cc2cccc(CNC(=O)O)c2)cc1-c1cccc([N+](=O)[O-])c1. The number of nitrogens with zero attached hydrogens (tertiary/aromatic N) is 1. The summed E-state index contributed by atoms with van der Waals surface area (Å²) in [6.45, 7) is 0.241. The Morgan fingerprint density at radius 1 is 1.03 bits per heavy atom. The molecule has 2 N–H and O–H groups in total. The third-order valence-corrected chi connectivity index (χ3v) is 4.48. The van der Waals surface area contributed by atoms with Gasteiger partial charge in [-0.15, -0.1) is 0 Å². The molecular weight excluding hydrogens is 372 g/mol. The smallest absolute Gasteiger partial charge is 0.404 e. The second kappa shape index (κ2) is 8.88. The van der Waals surface area contributed by atoms with Crippen LogP contribution in [0.1, 0.15) is 16.7 Å². The van der Waals surface area contributed by atoms with Gasteiger partial charge in [-0.2, -0.15) is 0 Å². The average molecular weight is 392 g/mol. The molecule has 0 spiro atoms. The molecule has 0 radical (unpaired) electrons. The van der Waals surface area contributed by atoms with E-state index in [9.17, 15) is 14.9 Å². The maximum atomic E-state index is 11.1. The van der Waals surface area contributed by atoms with Crippen LogP contribution in [-0.2, 0) is 13.0 Å². The molecule has 7 heteroatoms. The van der Waals surface area contributed by atoms with E-state index in [0.29, 0.717) is 17.7 Å². The standard InChI is InChI=1S/C22H20N2O5/c1-29-21-9-8-16(10-15-4-2-5-17(11-15)14-23-22(25)26)12-20(21)18-6-3-7-19(13-18)24(27)28/h2-9,11-13,23H,10,14H2,1H3,(H,25,26). The highest BCUT2D eigenvalue weighted by molar-refractivity contribution is 5.73. The first kappa shape index (κ1) is 19.9. The van der Waals surface area contributed by atoms with E-state index in [0.717, 1.165) is 22.3 Å². The molecule has 3 rings (SSSR count). The molecule has 148 valence electrons. The van der Waals surface area contributed by atoms with Crippen LogP contribution in [0.5, 0.6) is 5.75 Å². The number of non-ortho nitro benzene ring substituents is 1. The van der Waals surface area contributed by atoms with E-state index < -0.39 is 11.0 Å². The highest BCUT2D eigenvalue weighted by Crippen LogP contribution is 2.33. The molecule has 3 aromatic rings. The van der Waals surface area contributed by atoms with Crippen LogP contribution in [0.4, 0.5) is 10.5 Å². The van der Waals surface area contributed by atoms with E-state index in [-0.39, 0.29) is 12.2 Å². The Hall–Kier alpha value is -3.87. The summed E-state index contributed by atoms with van der Waals surface area (Å²) in [6.07, 6.45) is -0.431. The number of nitro groups is 1. The van der Waals surface area contributed by atoms with Gasteiger partial charge < -0.3 is 15.2 Å². The van der Waals surface area contributed by atoms with Gasteiger partial charge in [-0.05, 0) is 40.8 Å². The highest BCUT2D eigenvalue weighted by atomic mass is 16.6. The van der Waals surface area contributed by atoms with E-state index in [1.165, 1.54) is 12.1 Å². The van der Waals surface area contributed by atoms with Crippen molar-refractivity contribution in [2.75, 3.05) is 7.11 Å². The largest absolute Gasteiger partial charge is 0.496 e. The van der Waals surface area contributed by atoms with Crippen molar-refractivity contribution >= 4 is 11.8 Å². The van der Waals surface area contributed by atoms with Gasteiger partial charge in [-0.1, -0.05) is 42.5 Å². The van der Waals surface area contributed by atoms with Gasteiger partial charge in [0.1, 0.15) is 5.75 Å². The normalized spacial score (nSPS) is 10.4. The number of rotatable bonds is 7. The quantitative estimate of drug-likeness (QED) is 0.451. The minimum absolute atomic E-state index is 0.0218. The molecule has 0 fully saturated rings. The predicted octanol–water partition coefficient (Wildman–Crippen LogP) is 4.63. The molecule has 0 aromatic heterocycles. The van der Waals surface area contributed by atoms with E-state index >= 15 is 0 Å². The van der Waals surface area contributed by atoms with E-state index in [1.807, 2.05) is 48.5 Å². The fraction of sp³-hybridized carbons (Fsp3) is 0.136. The van der Waals surface area contributed by atoms with E-state index in [4.69, 9.17) is 9.84 Å². The maximum absolute atomic E-state index is 11.1. The molecule has 0 saturated carbocycles. The number of hydrogen-bond acceptors (Lipinski definition) is 4. The lowest BCUT2D eigenvalue weighted by Gasteiger charge is -2.12. The Morgan fingerprint density at radius 2 is 1.76 bits per heavy atom. The number of carboxylic acid groups (broad SMARTS) is 1. The molecule has 0 aliphatic rings. The molecule has 0 heterocycles. The molecule has 0 saturated heterocycles. The molecule has 29 heavy (non-hydrogen) atoms. The maximum Gasteiger partial charge on any atom is 0.404 e. The van der Waals surface area contributed by atoms with Gasteiger partial charge in [0, 0.05) is 24.2 Å². The summed E-state index contributed by atoms with van der Waals surface area (Å²) in [4.78, 5) is 21.4. The molecule has 0 aliphatic carbocycles. The molecule has 0 bridgehead atoms. The Kier molecular flexibility index (Phi) is 6.09. The van der Waals surface area contributed by atoms with Crippen molar-refractivity contribution in [3.8, 4) is 16.9 Å². The molecule has 3 aromatic carbocycles. The first-order valence-corrected chi connectivity index (χ1v) is 8.92. The van der Waals surface area contributed by atoms with Crippen LogP contribution in [0.3, 0.4) is 0 Å². The Labute approximate surface area is 167 Å². The number of nitro benzene ring substituents is 1. The van der Waals surface area contributed by atoms with Gasteiger partial charge in [0.15, 0.2) is 0 Å². The number of methoxy groups -OCH3 is 1. The summed E-state index contributed by atoms with van der Waals surface area (Å²) in [6, 6.07) is 19.9. The van der Waals surface area contributed by atoms with Crippen molar-refractivity contribution in [3.05, 3.63) is 93.5 Å². The summed E-state index contributed by atoms with van der Waals surface area (Å²) >= 11 is 0. The number of benzene rings is 3. The number of carbonyl (C=O) groups is 1. The van der Waals surface area contributed by atoms with Crippen LogP contribution in [0.2, 0.25) is 0 Å². The number of nitrogens with one attached hydrogen (secondary N) is 1. The Balaban J connectivity index is 1.89. The summed E-state index contributed by atoms with van der Waals surface area (Å²) in [5.41, 5.74) is 4.42. The monoisotopic (exact) mass is 392 g/mol. The van der Waals surface area contributed by atoms with Crippen molar-refractivity contribution in [2.24, 2.45) is 0 Å². The van der Waals surface area contributed by atoms with E-state index in [1.54, 1.807) is 13.2 Å². The summed E-state index contributed by atoms with van der Waals surface area (Å²) in [5.74, 6) is 0.633. The molecule has 7 nitrogen and oxygen atoms in total. The lowest BCUT2D eigenvalue weighted by molar-refractivity contribution is -0.384. The number of ether oxygens (including phenoxy) is 1. The topological polar surface area (TPSA) is 102 Å². The zero-order valence-corrected chi connectivity index (χ0v) is 15.8. The highest BCUT2D eigenvalue weighted by Gasteiger charge is 2.12. The van der Waals surface area contributed by atoms with Crippen LogP contribution >= 0.6 is 0 Å². The van der Waals surface area contributed by atoms with Crippen molar-refractivity contribution in [1.29, 1.82) is 0 Å². The van der Waals surface area contributed by atoms with Crippen LogP contribution in [-0.4, -0.2) is 23.2 Å². The van der Waals surface area contributed by atoms with Gasteiger partial charge >= 0.3 is 6.09 Å². The molecule has 0 unspecified atom stereocenters. The molecule has 0 aliphatic heterocycles.